The summed E-state index contributed by atoms with van der Waals surface area (Å²) in [4.78, 5) is 14.5. The van der Waals surface area contributed by atoms with E-state index in [1.165, 1.54) is 19.4 Å². The van der Waals surface area contributed by atoms with E-state index in [0.717, 1.165) is 0 Å². The fourth-order valence-electron chi connectivity index (χ4n) is 0.821. The van der Waals surface area contributed by atoms with Crippen LogP contribution in [0, 0.1) is 0 Å². The molecule has 0 aliphatic heterocycles. The summed E-state index contributed by atoms with van der Waals surface area (Å²) in [5.74, 6) is -0.560. The largest absolute Gasteiger partial charge is 0.364 e. The van der Waals surface area contributed by atoms with Gasteiger partial charge in [0.1, 0.15) is 5.69 Å². The quantitative estimate of drug-likeness (QED) is 0.743. The zero-order valence-electron chi connectivity index (χ0n) is 7.03. The highest BCUT2D eigenvalue weighted by atomic mass is 35.5. The van der Waals surface area contributed by atoms with E-state index in [0.29, 0.717) is 5.56 Å². The van der Waals surface area contributed by atoms with Crippen molar-refractivity contribution in [2.45, 2.75) is 5.56 Å². The monoisotopic (exact) mass is 200 g/mol. The first-order valence-electron chi connectivity index (χ1n) is 3.57. The minimum atomic E-state index is -0.560. The van der Waals surface area contributed by atoms with Crippen molar-refractivity contribution in [3.63, 3.8) is 0 Å². The number of hydrogen-bond donors (Lipinski definition) is 1. The summed E-state index contributed by atoms with van der Waals surface area (Å²) in [6, 6.07) is 3.15. The Bertz CT molecular complexity index is 300. The highest BCUT2D eigenvalue weighted by molar-refractivity contribution is 6.19. The number of primary amides is 1. The van der Waals surface area contributed by atoms with Crippen LogP contribution in [-0.4, -0.2) is 18.0 Å². The molecule has 1 atom stereocenters. The molecule has 4 nitrogen and oxygen atoms in total. The predicted molar refractivity (Wildman–Crippen MR) is 48.4 cm³/mol. The highest BCUT2D eigenvalue weighted by Gasteiger charge is 2.07. The van der Waals surface area contributed by atoms with Crippen LogP contribution < -0.4 is 5.73 Å². The van der Waals surface area contributed by atoms with Crippen LogP contribution in [0.2, 0.25) is 0 Å². The molecule has 0 aromatic carbocycles. The first-order chi connectivity index (χ1) is 6.15. The summed E-state index contributed by atoms with van der Waals surface area (Å²) in [5.41, 5.74) is 5.36. The fourth-order valence-corrected chi connectivity index (χ4v) is 0.950. The molecular formula is C8H9ClN2O2. The van der Waals surface area contributed by atoms with Crippen molar-refractivity contribution in [1.82, 2.24) is 4.98 Å². The van der Waals surface area contributed by atoms with Crippen molar-refractivity contribution in [3.05, 3.63) is 29.6 Å². The lowest BCUT2D eigenvalue weighted by molar-refractivity contribution is 0.0995. The first-order valence-corrected chi connectivity index (χ1v) is 4.01. The second kappa shape index (κ2) is 4.20. The van der Waals surface area contributed by atoms with E-state index >= 15 is 0 Å². The molecule has 1 aromatic heterocycles. The van der Waals surface area contributed by atoms with Gasteiger partial charge in [-0.3, -0.25) is 9.78 Å². The smallest absolute Gasteiger partial charge is 0.267 e. The van der Waals surface area contributed by atoms with Gasteiger partial charge in [-0.2, -0.15) is 0 Å². The average molecular weight is 201 g/mol. The number of amides is 1. The lowest BCUT2D eigenvalue weighted by Gasteiger charge is -2.06. The molecule has 1 rings (SSSR count). The van der Waals surface area contributed by atoms with Crippen LogP contribution in [0.4, 0.5) is 0 Å². The van der Waals surface area contributed by atoms with Gasteiger partial charge in [0.2, 0.25) is 0 Å². The third-order valence-electron chi connectivity index (χ3n) is 1.51. The second-order valence-corrected chi connectivity index (χ2v) is 2.79. The molecule has 0 bridgehead atoms. The Morgan fingerprint density at radius 1 is 1.69 bits per heavy atom. The normalized spacial score (nSPS) is 12.5. The Labute approximate surface area is 80.7 Å². The number of alkyl halides is 1. The summed E-state index contributed by atoms with van der Waals surface area (Å²) in [6.45, 7) is 0. The number of methoxy groups -OCH3 is 1. The molecule has 0 aliphatic carbocycles. The maximum Gasteiger partial charge on any atom is 0.267 e. The third kappa shape index (κ3) is 2.40. The number of carbonyl (C=O) groups excluding carboxylic acids is 1. The average Bonchev–Trinajstić information content (AvgIpc) is 2.17. The molecule has 1 amide bonds. The molecule has 0 radical (unpaired) electrons. The second-order valence-electron chi connectivity index (χ2n) is 2.39. The third-order valence-corrected chi connectivity index (χ3v) is 1.94. The van der Waals surface area contributed by atoms with Gasteiger partial charge in [-0.1, -0.05) is 17.7 Å². The van der Waals surface area contributed by atoms with Gasteiger partial charge in [0, 0.05) is 18.9 Å². The van der Waals surface area contributed by atoms with Crippen molar-refractivity contribution in [2.24, 2.45) is 5.73 Å². The van der Waals surface area contributed by atoms with Gasteiger partial charge in [0.25, 0.3) is 5.91 Å². The van der Waals surface area contributed by atoms with Crippen LogP contribution >= 0.6 is 11.6 Å². The SMILES string of the molecule is COC(Cl)c1ccc(C(N)=O)nc1. The summed E-state index contributed by atoms with van der Waals surface area (Å²) in [5, 5.41) is 0. The van der Waals surface area contributed by atoms with Crippen molar-refractivity contribution in [2.75, 3.05) is 7.11 Å². The van der Waals surface area contributed by atoms with E-state index in [1.54, 1.807) is 6.07 Å². The number of rotatable bonds is 3. The molecule has 0 fully saturated rings. The minimum absolute atomic E-state index is 0.212. The lowest BCUT2D eigenvalue weighted by Crippen LogP contribution is -2.13. The van der Waals surface area contributed by atoms with Crippen LogP contribution in [-0.2, 0) is 4.74 Å². The van der Waals surface area contributed by atoms with E-state index in [-0.39, 0.29) is 5.69 Å². The van der Waals surface area contributed by atoms with E-state index in [2.05, 4.69) is 4.98 Å². The van der Waals surface area contributed by atoms with Crippen LogP contribution in [0.5, 0.6) is 0 Å². The van der Waals surface area contributed by atoms with Gasteiger partial charge < -0.3 is 10.5 Å². The molecule has 5 heteroatoms. The number of hydrogen-bond acceptors (Lipinski definition) is 3. The van der Waals surface area contributed by atoms with Crippen molar-refractivity contribution < 1.29 is 9.53 Å². The molecule has 1 unspecified atom stereocenters. The molecule has 0 saturated heterocycles. The summed E-state index contributed by atoms with van der Waals surface area (Å²) in [7, 11) is 1.49. The molecule has 0 saturated carbocycles. The molecule has 2 N–H and O–H groups in total. The predicted octanol–water partition coefficient (Wildman–Crippen LogP) is 1.06. The van der Waals surface area contributed by atoms with Crippen molar-refractivity contribution in [1.29, 1.82) is 0 Å². The number of halogens is 1. The zero-order valence-corrected chi connectivity index (χ0v) is 7.78. The zero-order chi connectivity index (χ0) is 9.84. The molecule has 1 heterocycles. The standard InChI is InChI=1S/C8H9ClN2O2/c1-13-7(9)5-2-3-6(8(10)12)11-4-5/h2-4,7H,1H3,(H2,10,12). The topological polar surface area (TPSA) is 65.2 Å². The lowest BCUT2D eigenvalue weighted by atomic mass is 10.2. The maximum absolute atomic E-state index is 10.6. The van der Waals surface area contributed by atoms with Gasteiger partial charge in [-0.15, -0.1) is 0 Å². The van der Waals surface area contributed by atoms with E-state index in [4.69, 9.17) is 22.1 Å². The number of carbonyl (C=O) groups is 1. The first kappa shape index (κ1) is 9.95. The van der Waals surface area contributed by atoms with Crippen molar-refractivity contribution in [3.8, 4) is 0 Å². The van der Waals surface area contributed by atoms with Crippen LogP contribution in [0.3, 0.4) is 0 Å². The van der Waals surface area contributed by atoms with Gasteiger partial charge >= 0.3 is 0 Å². The van der Waals surface area contributed by atoms with Gasteiger partial charge in [-0.05, 0) is 6.07 Å². The Kier molecular flexibility index (Phi) is 3.22. The molecular weight excluding hydrogens is 192 g/mol. The Hall–Kier alpha value is -1.13. The van der Waals surface area contributed by atoms with Crippen molar-refractivity contribution >= 4 is 17.5 Å². The Balaban J connectivity index is 2.87. The van der Waals surface area contributed by atoms with E-state index < -0.39 is 11.5 Å². The van der Waals surface area contributed by atoms with Gasteiger partial charge in [0.15, 0.2) is 5.56 Å². The van der Waals surface area contributed by atoms with Gasteiger partial charge in [0.05, 0.1) is 0 Å². The van der Waals surface area contributed by atoms with Crippen LogP contribution in [0.1, 0.15) is 21.6 Å². The summed E-state index contributed by atoms with van der Waals surface area (Å²) >= 11 is 5.74. The Morgan fingerprint density at radius 3 is 2.77 bits per heavy atom. The number of nitrogens with zero attached hydrogens (tertiary/aromatic N) is 1. The molecule has 70 valence electrons. The van der Waals surface area contributed by atoms with Gasteiger partial charge in [-0.25, -0.2) is 0 Å². The minimum Gasteiger partial charge on any atom is -0.364 e. The van der Waals surface area contributed by atoms with E-state index in [1.807, 2.05) is 0 Å². The highest BCUT2D eigenvalue weighted by Crippen LogP contribution is 2.19. The van der Waals surface area contributed by atoms with Crippen LogP contribution in [0.15, 0.2) is 18.3 Å². The fraction of sp³-hybridized carbons (Fsp3) is 0.250. The number of aromatic nitrogens is 1. The maximum atomic E-state index is 10.6. The number of ether oxygens (including phenoxy) is 1. The number of nitrogens with two attached hydrogens (primary N) is 1. The molecule has 0 spiro atoms. The molecule has 13 heavy (non-hydrogen) atoms. The number of pyridine rings is 1. The molecule has 0 aliphatic rings. The van der Waals surface area contributed by atoms with E-state index in [9.17, 15) is 4.79 Å². The summed E-state index contributed by atoms with van der Waals surface area (Å²) in [6.07, 6.45) is 1.46. The summed E-state index contributed by atoms with van der Waals surface area (Å²) < 4.78 is 4.85. The Morgan fingerprint density at radius 2 is 2.38 bits per heavy atom. The van der Waals surface area contributed by atoms with Crippen LogP contribution in [0.25, 0.3) is 0 Å². The molecule has 1 aromatic rings.